The maximum Gasteiger partial charge on any atom is 0.0721 e. The molecule has 0 radical (unpaired) electrons. The molecule has 1 unspecified atom stereocenters. The average Bonchev–Trinajstić information content (AvgIpc) is 2.50. The highest BCUT2D eigenvalue weighted by Gasteiger charge is 2.26. The Bertz CT molecular complexity index is 177. The van der Waals surface area contributed by atoms with E-state index in [-0.39, 0.29) is 5.60 Å². The van der Waals surface area contributed by atoms with Gasteiger partial charge < -0.3 is 9.47 Å². The van der Waals surface area contributed by atoms with Crippen LogP contribution in [0.25, 0.3) is 0 Å². The number of ether oxygens (including phenoxy) is 2. The van der Waals surface area contributed by atoms with Crippen molar-refractivity contribution in [1.82, 2.24) is 4.90 Å². The Hall–Kier alpha value is -0.120. The lowest BCUT2D eigenvalue weighted by molar-refractivity contribution is -0.0543. The van der Waals surface area contributed by atoms with Gasteiger partial charge in [0.05, 0.1) is 18.3 Å². The minimum absolute atomic E-state index is 0.0133. The molecule has 0 N–H and O–H groups in total. The van der Waals surface area contributed by atoms with Crippen LogP contribution in [0.5, 0.6) is 0 Å². The van der Waals surface area contributed by atoms with Crippen molar-refractivity contribution in [3.8, 4) is 0 Å². The number of rotatable bonds is 5. The molecule has 1 atom stereocenters. The second-order valence-corrected chi connectivity index (χ2v) is 5.14. The fourth-order valence-corrected chi connectivity index (χ4v) is 1.93. The van der Waals surface area contributed by atoms with Crippen molar-refractivity contribution >= 4 is 0 Å². The standard InChI is InChI=1S/C12H25NO2/c1-5-14-9-8-13-7-6-11(10-13)15-12(2,3)4/h11H,5-10H2,1-4H3. The second kappa shape index (κ2) is 5.83. The first-order valence-corrected chi connectivity index (χ1v) is 5.99. The van der Waals surface area contributed by atoms with E-state index in [2.05, 4.69) is 25.7 Å². The highest BCUT2D eigenvalue weighted by atomic mass is 16.5. The molecule has 0 aliphatic carbocycles. The molecule has 1 saturated heterocycles. The van der Waals surface area contributed by atoms with Gasteiger partial charge in [-0.15, -0.1) is 0 Å². The van der Waals surface area contributed by atoms with Crippen LogP contribution in [0.15, 0.2) is 0 Å². The van der Waals surface area contributed by atoms with E-state index < -0.39 is 0 Å². The maximum absolute atomic E-state index is 5.95. The fraction of sp³-hybridized carbons (Fsp3) is 1.00. The SMILES string of the molecule is CCOCCN1CCC(OC(C)(C)C)C1. The number of hydrogen-bond acceptors (Lipinski definition) is 3. The molecule has 0 saturated carbocycles. The van der Waals surface area contributed by atoms with E-state index in [1.54, 1.807) is 0 Å². The van der Waals surface area contributed by atoms with Gasteiger partial charge in [0.25, 0.3) is 0 Å². The smallest absolute Gasteiger partial charge is 0.0721 e. The molecular weight excluding hydrogens is 190 g/mol. The van der Waals surface area contributed by atoms with Crippen molar-refractivity contribution in [1.29, 1.82) is 0 Å². The van der Waals surface area contributed by atoms with Gasteiger partial charge in [-0.25, -0.2) is 0 Å². The first-order valence-electron chi connectivity index (χ1n) is 5.99. The summed E-state index contributed by atoms with van der Waals surface area (Å²) in [4.78, 5) is 2.42. The molecule has 1 aliphatic rings. The monoisotopic (exact) mass is 215 g/mol. The Balaban J connectivity index is 2.15. The molecular formula is C12H25NO2. The molecule has 0 spiro atoms. The lowest BCUT2D eigenvalue weighted by Gasteiger charge is -2.25. The third-order valence-electron chi connectivity index (χ3n) is 2.51. The zero-order chi connectivity index (χ0) is 11.3. The maximum atomic E-state index is 5.95. The van der Waals surface area contributed by atoms with Crippen LogP contribution in [0.3, 0.4) is 0 Å². The number of hydrogen-bond donors (Lipinski definition) is 0. The summed E-state index contributed by atoms with van der Waals surface area (Å²) in [5.41, 5.74) is -0.0133. The molecule has 3 heteroatoms. The van der Waals surface area contributed by atoms with E-state index >= 15 is 0 Å². The molecule has 15 heavy (non-hydrogen) atoms. The molecule has 1 fully saturated rings. The van der Waals surface area contributed by atoms with E-state index in [1.807, 2.05) is 6.92 Å². The quantitative estimate of drug-likeness (QED) is 0.654. The molecule has 1 aliphatic heterocycles. The minimum Gasteiger partial charge on any atom is -0.380 e. The number of nitrogens with zero attached hydrogens (tertiary/aromatic N) is 1. The highest BCUT2D eigenvalue weighted by molar-refractivity contribution is 4.78. The highest BCUT2D eigenvalue weighted by Crippen LogP contribution is 2.18. The summed E-state index contributed by atoms with van der Waals surface area (Å²) >= 11 is 0. The molecule has 1 rings (SSSR count). The van der Waals surface area contributed by atoms with Crippen LogP contribution in [0.4, 0.5) is 0 Å². The summed E-state index contributed by atoms with van der Waals surface area (Å²) in [5, 5.41) is 0. The van der Waals surface area contributed by atoms with Crippen molar-refractivity contribution in [2.75, 3.05) is 32.8 Å². The molecule has 0 aromatic heterocycles. The van der Waals surface area contributed by atoms with Crippen LogP contribution in [0, 0.1) is 0 Å². The largest absolute Gasteiger partial charge is 0.380 e. The van der Waals surface area contributed by atoms with Crippen LogP contribution in [-0.2, 0) is 9.47 Å². The fourth-order valence-electron chi connectivity index (χ4n) is 1.93. The summed E-state index contributed by atoms with van der Waals surface area (Å²) in [7, 11) is 0. The van der Waals surface area contributed by atoms with E-state index in [1.165, 1.54) is 0 Å². The first-order chi connectivity index (χ1) is 7.01. The van der Waals surface area contributed by atoms with Gasteiger partial charge in [0.2, 0.25) is 0 Å². The average molecular weight is 215 g/mol. The third kappa shape index (κ3) is 5.50. The van der Waals surface area contributed by atoms with Crippen LogP contribution in [0.2, 0.25) is 0 Å². The number of likely N-dealkylation sites (tertiary alicyclic amines) is 1. The van der Waals surface area contributed by atoms with Gasteiger partial charge in [-0.1, -0.05) is 0 Å². The van der Waals surface area contributed by atoms with Gasteiger partial charge in [0, 0.05) is 26.2 Å². The summed E-state index contributed by atoms with van der Waals surface area (Å²) in [6.07, 6.45) is 1.57. The van der Waals surface area contributed by atoms with Gasteiger partial charge >= 0.3 is 0 Å². The van der Waals surface area contributed by atoms with Gasteiger partial charge in [-0.2, -0.15) is 0 Å². The van der Waals surface area contributed by atoms with Crippen molar-refractivity contribution in [2.45, 2.75) is 45.8 Å². The molecule has 0 amide bonds. The van der Waals surface area contributed by atoms with Crippen LogP contribution >= 0.6 is 0 Å². The van der Waals surface area contributed by atoms with Crippen molar-refractivity contribution < 1.29 is 9.47 Å². The Morgan fingerprint density at radius 3 is 2.67 bits per heavy atom. The van der Waals surface area contributed by atoms with Gasteiger partial charge in [-0.05, 0) is 34.1 Å². The molecule has 0 bridgehead atoms. The van der Waals surface area contributed by atoms with Crippen molar-refractivity contribution in [2.24, 2.45) is 0 Å². The Labute approximate surface area is 93.7 Å². The summed E-state index contributed by atoms with van der Waals surface area (Å²) in [6, 6.07) is 0. The zero-order valence-electron chi connectivity index (χ0n) is 10.6. The first kappa shape index (κ1) is 12.9. The van der Waals surface area contributed by atoms with E-state index in [9.17, 15) is 0 Å². The molecule has 1 heterocycles. The van der Waals surface area contributed by atoms with Gasteiger partial charge in [0.1, 0.15) is 0 Å². The minimum atomic E-state index is -0.0133. The second-order valence-electron chi connectivity index (χ2n) is 5.14. The summed E-state index contributed by atoms with van der Waals surface area (Å²) in [6.45, 7) is 13.3. The third-order valence-corrected chi connectivity index (χ3v) is 2.51. The van der Waals surface area contributed by atoms with Crippen LogP contribution < -0.4 is 0 Å². The lowest BCUT2D eigenvalue weighted by atomic mass is 10.2. The predicted molar refractivity (Wildman–Crippen MR) is 62.2 cm³/mol. The van der Waals surface area contributed by atoms with Crippen LogP contribution in [-0.4, -0.2) is 49.5 Å². The van der Waals surface area contributed by atoms with Crippen LogP contribution in [0.1, 0.15) is 34.1 Å². The molecule has 0 aromatic rings. The van der Waals surface area contributed by atoms with Gasteiger partial charge in [0.15, 0.2) is 0 Å². The van der Waals surface area contributed by atoms with Crippen molar-refractivity contribution in [3.63, 3.8) is 0 Å². The Kier molecular flexibility index (Phi) is 5.03. The topological polar surface area (TPSA) is 21.7 Å². The lowest BCUT2D eigenvalue weighted by Crippen LogP contribution is -2.31. The summed E-state index contributed by atoms with van der Waals surface area (Å²) in [5.74, 6) is 0. The van der Waals surface area contributed by atoms with Crippen molar-refractivity contribution in [3.05, 3.63) is 0 Å². The molecule has 90 valence electrons. The Morgan fingerprint density at radius 1 is 1.33 bits per heavy atom. The molecule has 3 nitrogen and oxygen atoms in total. The van der Waals surface area contributed by atoms with E-state index in [4.69, 9.17) is 9.47 Å². The zero-order valence-corrected chi connectivity index (χ0v) is 10.6. The predicted octanol–water partition coefficient (Wildman–Crippen LogP) is 1.91. The summed E-state index contributed by atoms with van der Waals surface area (Å²) < 4.78 is 11.3. The molecule has 0 aromatic carbocycles. The Morgan fingerprint density at radius 2 is 2.07 bits per heavy atom. The normalized spacial score (nSPS) is 23.6. The van der Waals surface area contributed by atoms with Gasteiger partial charge in [-0.3, -0.25) is 4.90 Å². The van der Waals surface area contributed by atoms with E-state index in [0.29, 0.717) is 6.10 Å². The van der Waals surface area contributed by atoms with E-state index in [0.717, 1.165) is 39.3 Å².